The highest BCUT2D eigenvalue weighted by Crippen LogP contribution is 2.06. The first-order chi connectivity index (χ1) is 11.6. The number of amides is 2. The molecule has 1 atom stereocenters. The first-order valence-electron chi connectivity index (χ1n) is 7.74. The number of nitrogens with one attached hydrogen (secondary N) is 2. The Kier molecular flexibility index (Phi) is 6.36. The molecule has 0 fully saturated rings. The molecule has 1 aliphatic rings. The molecule has 7 nitrogen and oxygen atoms in total. The maximum absolute atomic E-state index is 12.2. The van der Waals surface area contributed by atoms with Gasteiger partial charge in [0.05, 0.1) is 5.70 Å². The van der Waals surface area contributed by atoms with Crippen LogP contribution in [-0.4, -0.2) is 30.6 Å². The van der Waals surface area contributed by atoms with Crippen LogP contribution < -0.4 is 10.6 Å². The van der Waals surface area contributed by atoms with Crippen LogP contribution in [0.5, 0.6) is 0 Å². The number of hydrogen-bond acceptors (Lipinski definition) is 5. The summed E-state index contributed by atoms with van der Waals surface area (Å²) in [7, 11) is 0. The van der Waals surface area contributed by atoms with Crippen molar-refractivity contribution in [1.29, 1.82) is 0 Å². The van der Waals surface area contributed by atoms with Crippen molar-refractivity contribution in [3.8, 4) is 0 Å². The van der Waals surface area contributed by atoms with E-state index in [0.717, 1.165) is 5.56 Å². The summed E-state index contributed by atoms with van der Waals surface area (Å²) in [6.45, 7) is 2.06. The number of alkyl carbamates (subject to hydrolysis) is 1. The van der Waals surface area contributed by atoms with Gasteiger partial charge in [0, 0.05) is 6.08 Å². The summed E-state index contributed by atoms with van der Waals surface area (Å²) < 4.78 is 9.84. The van der Waals surface area contributed by atoms with Crippen molar-refractivity contribution in [3.05, 3.63) is 47.7 Å². The summed E-state index contributed by atoms with van der Waals surface area (Å²) >= 11 is 0. The summed E-state index contributed by atoms with van der Waals surface area (Å²) in [6.07, 6.45) is 1.70. The third-order valence-corrected chi connectivity index (χ3v) is 3.34. The molecule has 0 spiro atoms. The molecule has 0 radical (unpaired) electrons. The van der Waals surface area contributed by atoms with E-state index >= 15 is 0 Å². The van der Waals surface area contributed by atoms with Crippen molar-refractivity contribution in [3.63, 3.8) is 0 Å². The van der Waals surface area contributed by atoms with E-state index in [1.165, 1.54) is 6.08 Å². The van der Waals surface area contributed by atoms with Crippen LogP contribution in [0.2, 0.25) is 0 Å². The van der Waals surface area contributed by atoms with Crippen molar-refractivity contribution in [2.45, 2.75) is 32.4 Å². The van der Waals surface area contributed by atoms with Gasteiger partial charge < -0.3 is 20.1 Å². The molecule has 1 heterocycles. The van der Waals surface area contributed by atoms with Crippen molar-refractivity contribution in [2.24, 2.45) is 0 Å². The minimum absolute atomic E-state index is 0.0296. The van der Waals surface area contributed by atoms with Crippen LogP contribution in [0.4, 0.5) is 4.79 Å². The van der Waals surface area contributed by atoms with E-state index in [2.05, 4.69) is 10.6 Å². The van der Waals surface area contributed by atoms with Gasteiger partial charge in [0.25, 0.3) is 0 Å². The molecule has 1 aliphatic heterocycles. The topological polar surface area (TPSA) is 93.7 Å². The van der Waals surface area contributed by atoms with Crippen LogP contribution in [0.1, 0.15) is 25.3 Å². The second-order valence-electron chi connectivity index (χ2n) is 5.31. The highest BCUT2D eigenvalue weighted by atomic mass is 16.5. The molecule has 0 bridgehead atoms. The van der Waals surface area contributed by atoms with E-state index in [1.54, 1.807) is 0 Å². The van der Waals surface area contributed by atoms with Gasteiger partial charge in [-0.15, -0.1) is 0 Å². The largest absolute Gasteiger partial charge is 0.456 e. The molecule has 1 aromatic carbocycles. The number of hydrogen-bond donors (Lipinski definition) is 2. The fourth-order valence-electron chi connectivity index (χ4n) is 2.16. The zero-order valence-corrected chi connectivity index (χ0v) is 13.4. The molecular weight excluding hydrogens is 312 g/mol. The summed E-state index contributed by atoms with van der Waals surface area (Å²) in [5.41, 5.74) is 1.24. The second kappa shape index (κ2) is 8.71. The Morgan fingerprint density at radius 1 is 1.29 bits per heavy atom. The van der Waals surface area contributed by atoms with Crippen LogP contribution in [0.25, 0.3) is 0 Å². The fraction of sp³-hybridized carbons (Fsp3) is 0.353. The minimum atomic E-state index is -0.741. The molecule has 0 aliphatic carbocycles. The predicted molar refractivity (Wildman–Crippen MR) is 85.6 cm³/mol. The average Bonchev–Trinajstić information content (AvgIpc) is 2.98. The third kappa shape index (κ3) is 5.42. The fourth-order valence-corrected chi connectivity index (χ4v) is 2.16. The molecule has 2 amide bonds. The minimum Gasteiger partial charge on any atom is -0.456 e. The standard InChI is InChI=1S/C17H20N2O5/c1-2-6-14(16(21)18-13-9-15(20)23-11-13)19-17(22)24-10-12-7-4-3-5-8-12/h3-5,7-9,14H,2,6,10-11H2,1H3,(H,18,21)(H,19,22)/t14-/m0/s1. The number of benzene rings is 1. The molecular formula is C17H20N2O5. The van der Waals surface area contributed by atoms with E-state index in [-0.39, 0.29) is 13.2 Å². The lowest BCUT2D eigenvalue weighted by Crippen LogP contribution is -2.46. The van der Waals surface area contributed by atoms with Crippen LogP contribution in [0, 0.1) is 0 Å². The molecule has 24 heavy (non-hydrogen) atoms. The van der Waals surface area contributed by atoms with E-state index in [4.69, 9.17) is 9.47 Å². The summed E-state index contributed by atoms with van der Waals surface area (Å²) in [4.78, 5) is 35.1. The van der Waals surface area contributed by atoms with E-state index in [1.807, 2.05) is 37.3 Å². The molecule has 7 heteroatoms. The summed E-state index contributed by atoms with van der Waals surface area (Å²) in [5.74, 6) is -0.898. The smallest absolute Gasteiger partial charge is 0.408 e. The number of cyclic esters (lactones) is 1. The average molecular weight is 332 g/mol. The summed E-state index contributed by atoms with van der Waals surface area (Å²) in [5, 5.41) is 5.13. The van der Waals surface area contributed by atoms with Crippen LogP contribution >= 0.6 is 0 Å². The highest BCUT2D eigenvalue weighted by molar-refractivity contribution is 5.90. The molecule has 128 valence electrons. The lowest BCUT2D eigenvalue weighted by Gasteiger charge is -2.17. The van der Waals surface area contributed by atoms with Crippen molar-refractivity contribution < 1.29 is 23.9 Å². The van der Waals surface area contributed by atoms with Gasteiger partial charge in [-0.1, -0.05) is 43.7 Å². The molecule has 0 saturated carbocycles. The molecule has 1 aromatic rings. The molecule has 0 saturated heterocycles. The maximum atomic E-state index is 12.2. The third-order valence-electron chi connectivity index (χ3n) is 3.34. The number of ether oxygens (including phenoxy) is 2. The van der Waals surface area contributed by atoms with E-state index in [9.17, 15) is 14.4 Å². The Hall–Kier alpha value is -2.83. The molecule has 2 rings (SSSR count). The Balaban J connectivity index is 1.85. The van der Waals surface area contributed by atoms with Crippen LogP contribution in [0.3, 0.4) is 0 Å². The van der Waals surface area contributed by atoms with Crippen LogP contribution in [-0.2, 0) is 25.7 Å². The van der Waals surface area contributed by atoms with Crippen molar-refractivity contribution in [1.82, 2.24) is 10.6 Å². The SMILES string of the molecule is CCC[C@H](NC(=O)OCc1ccccc1)C(=O)NC1=CC(=O)OC1. The van der Waals surface area contributed by atoms with Gasteiger partial charge in [-0.25, -0.2) is 9.59 Å². The van der Waals surface area contributed by atoms with Gasteiger partial charge in [-0.3, -0.25) is 4.79 Å². The molecule has 0 unspecified atom stereocenters. The van der Waals surface area contributed by atoms with E-state index < -0.39 is 24.0 Å². The zero-order valence-electron chi connectivity index (χ0n) is 13.4. The van der Waals surface area contributed by atoms with Crippen molar-refractivity contribution in [2.75, 3.05) is 6.61 Å². The lowest BCUT2D eigenvalue weighted by molar-refractivity contribution is -0.135. The Morgan fingerprint density at radius 2 is 2.04 bits per heavy atom. The number of carbonyl (C=O) groups excluding carboxylic acids is 3. The predicted octanol–water partition coefficient (Wildman–Crippen LogP) is 1.64. The van der Waals surface area contributed by atoms with Gasteiger partial charge in [-0.05, 0) is 12.0 Å². The van der Waals surface area contributed by atoms with E-state index in [0.29, 0.717) is 18.5 Å². The van der Waals surface area contributed by atoms with Gasteiger partial charge in [0.1, 0.15) is 19.3 Å². The molecule has 2 N–H and O–H groups in total. The lowest BCUT2D eigenvalue weighted by atomic mass is 10.1. The highest BCUT2D eigenvalue weighted by Gasteiger charge is 2.23. The molecule has 0 aromatic heterocycles. The van der Waals surface area contributed by atoms with Gasteiger partial charge >= 0.3 is 12.1 Å². The second-order valence-corrected chi connectivity index (χ2v) is 5.31. The van der Waals surface area contributed by atoms with Crippen molar-refractivity contribution >= 4 is 18.0 Å². The normalized spacial score (nSPS) is 14.4. The Bertz CT molecular complexity index is 627. The monoisotopic (exact) mass is 332 g/mol. The first-order valence-corrected chi connectivity index (χ1v) is 7.74. The maximum Gasteiger partial charge on any atom is 0.408 e. The quantitative estimate of drug-likeness (QED) is 0.740. The van der Waals surface area contributed by atoms with Crippen LogP contribution in [0.15, 0.2) is 42.1 Å². The summed E-state index contributed by atoms with van der Waals surface area (Å²) in [6, 6.07) is 8.51. The zero-order chi connectivity index (χ0) is 17.4. The first kappa shape index (κ1) is 17.5. The van der Waals surface area contributed by atoms with Gasteiger partial charge in [0.2, 0.25) is 5.91 Å². The number of carbonyl (C=O) groups is 3. The number of esters is 1. The number of rotatable bonds is 7. The van der Waals surface area contributed by atoms with Gasteiger partial charge in [0.15, 0.2) is 0 Å². The van der Waals surface area contributed by atoms with Gasteiger partial charge in [-0.2, -0.15) is 0 Å². The Labute approximate surface area is 140 Å². The Morgan fingerprint density at radius 3 is 2.67 bits per heavy atom.